The average Bonchev–Trinajstić information content (AvgIpc) is 3.11. The highest BCUT2D eigenvalue weighted by Gasteiger charge is 2.59. The maximum absolute atomic E-state index is 11.6. The average molecular weight is 439 g/mol. The molecule has 0 aliphatic heterocycles. The molecule has 2 nitrogen and oxygen atoms in total. The van der Waals surface area contributed by atoms with Gasteiger partial charge in [0.25, 0.3) is 0 Å². The Morgan fingerprint density at radius 3 is 2.62 bits per heavy atom. The van der Waals surface area contributed by atoms with E-state index in [4.69, 9.17) is 11.2 Å². The molecule has 0 aromatic carbocycles. The van der Waals surface area contributed by atoms with Crippen LogP contribution in [0.4, 0.5) is 0 Å². The van der Waals surface area contributed by atoms with Crippen molar-refractivity contribution in [3.8, 4) is 12.3 Å². The first kappa shape index (κ1) is 23.9. The van der Waals surface area contributed by atoms with Crippen LogP contribution in [-0.2, 0) is 9.53 Å². The second kappa shape index (κ2) is 9.19. The van der Waals surface area contributed by atoms with Gasteiger partial charge in [0.1, 0.15) is 6.10 Å². The van der Waals surface area contributed by atoms with Crippen molar-refractivity contribution in [2.75, 3.05) is 0 Å². The molecule has 3 fully saturated rings. The lowest BCUT2D eigenvalue weighted by molar-refractivity contribution is -0.144. The van der Waals surface area contributed by atoms with Gasteiger partial charge in [-0.2, -0.15) is 0 Å². The van der Waals surface area contributed by atoms with Crippen molar-refractivity contribution in [3.05, 3.63) is 11.6 Å². The molecule has 2 heteroatoms. The van der Waals surface area contributed by atoms with Crippen molar-refractivity contribution in [2.45, 2.75) is 111 Å². The normalized spacial score (nSPS) is 41.7. The van der Waals surface area contributed by atoms with Gasteiger partial charge in [-0.3, -0.25) is 0 Å². The fraction of sp³-hybridized carbons (Fsp3) is 0.833. The van der Waals surface area contributed by atoms with Crippen LogP contribution in [0.1, 0.15) is 105 Å². The molecule has 0 heterocycles. The van der Waals surface area contributed by atoms with Crippen molar-refractivity contribution in [3.63, 3.8) is 0 Å². The van der Waals surface area contributed by atoms with Gasteiger partial charge in [-0.05, 0) is 91.3 Å². The largest absolute Gasteiger partial charge is 0.452 e. The predicted octanol–water partition coefficient (Wildman–Crippen LogP) is 7.57. The van der Waals surface area contributed by atoms with E-state index in [1.165, 1.54) is 51.4 Å². The van der Waals surface area contributed by atoms with E-state index in [0.29, 0.717) is 10.8 Å². The minimum Gasteiger partial charge on any atom is -0.452 e. The summed E-state index contributed by atoms with van der Waals surface area (Å²) in [6, 6.07) is 0. The Labute approximate surface area is 197 Å². The van der Waals surface area contributed by atoms with E-state index in [9.17, 15) is 4.79 Å². The fourth-order valence-electron chi connectivity index (χ4n) is 8.94. The van der Waals surface area contributed by atoms with Gasteiger partial charge >= 0.3 is 5.97 Å². The molecule has 0 aromatic heterocycles. The molecule has 0 aromatic rings. The SMILES string of the molecule is C#CC(=O)O[C@H]1CCC2(C)C(=CC[C@@H]3[C@@H]2CC[C@]2(C)[C@@H]([C@H](C)CCCC(C)C)CC[C@@H]32)C1. The van der Waals surface area contributed by atoms with Crippen LogP contribution < -0.4 is 0 Å². The molecule has 4 aliphatic carbocycles. The van der Waals surface area contributed by atoms with Gasteiger partial charge < -0.3 is 4.74 Å². The van der Waals surface area contributed by atoms with Gasteiger partial charge in [-0.1, -0.05) is 65.5 Å². The Hall–Kier alpha value is -1.23. The number of allylic oxidation sites excluding steroid dienone is 1. The minimum atomic E-state index is -0.499. The number of esters is 1. The van der Waals surface area contributed by atoms with Crippen molar-refractivity contribution >= 4 is 5.97 Å². The number of fused-ring (bicyclic) bond motifs is 5. The quantitative estimate of drug-likeness (QED) is 0.185. The first-order valence-electron chi connectivity index (χ1n) is 13.6. The molecule has 0 spiro atoms. The Bertz CT molecular complexity index is 772. The van der Waals surface area contributed by atoms with E-state index < -0.39 is 5.97 Å². The van der Waals surface area contributed by atoms with Crippen molar-refractivity contribution < 1.29 is 9.53 Å². The third-order valence-electron chi connectivity index (χ3n) is 10.7. The number of carbonyl (C=O) groups excluding carboxylic acids is 1. The summed E-state index contributed by atoms with van der Waals surface area (Å²) in [5.41, 5.74) is 2.39. The zero-order valence-electron chi connectivity index (χ0n) is 21.3. The lowest BCUT2D eigenvalue weighted by atomic mass is 9.47. The Morgan fingerprint density at radius 2 is 1.91 bits per heavy atom. The van der Waals surface area contributed by atoms with Crippen LogP contribution in [-0.4, -0.2) is 12.1 Å². The topological polar surface area (TPSA) is 26.3 Å². The van der Waals surface area contributed by atoms with Crippen LogP contribution in [0.15, 0.2) is 11.6 Å². The maximum Gasteiger partial charge on any atom is 0.384 e. The van der Waals surface area contributed by atoms with Crippen LogP contribution in [0, 0.1) is 58.7 Å². The zero-order valence-corrected chi connectivity index (χ0v) is 21.3. The Kier molecular flexibility index (Phi) is 6.87. The molecule has 1 unspecified atom stereocenters. The summed E-state index contributed by atoms with van der Waals surface area (Å²) < 4.78 is 5.53. The second-order valence-corrected chi connectivity index (χ2v) is 12.7. The molecule has 0 saturated heterocycles. The van der Waals surface area contributed by atoms with Crippen LogP contribution in [0.2, 0.25) is 0 Å². The summed E-state index contributed by atoms with van der Waals surface area (Å²) in [5.74, 6) is 6.78. The summed E-state index contributed by atoms with van der Waals surface area (Å²) in [4.78, 5) is 11.6. The van der Waals surface area contributed by atoms with E-state index in [-0.39, 0.29) is 6.10 Å². The van der Waals surface area contributed by atoms with Crippen LogP contribution in [0.5, 0.6) is 0 Å². The summed E-state index contributed by atoms with van der Waals surface area (Å²) in [7, 11) is 0. The van der Waals surface area contributed by atoms with E-state index >= 15 is 0 Å². The van der Waals surface area contributed by atoms with E-state index in [1.54, 1.807) is 5.57 Å². The molecule has 3 saturated carbocycles. The van der Waals surface area contributed by atoms with Gasteiger partial charge in [0.05, 0.1) is 0 Å². The maximum atomic E-state index is 11.6. The lowest BCUT2D eigenvalue weighted by Crippen LogP contribution is -2.51. The molecule has 8 atom stereocenters. The number of ether oxygens (including phenoxy) is 1. The summed E-state index contributed by atoms with van der Waals surface area (Å²) in [6.45, 7) is 12.5. The molecule has 178 valence electrons. The molecule has 0 radical (unpaired) electrons. The van der Waals surface area contributed by atoms with Crippen molar-refractivity contribution in [1.82, 2.24) is 0 Å². The summed E-state index contributed by atoms with van der Waals surface area (Å²) in [6.07, 6.45) is 21.9. The molecular formula is C30H46O2. The van der Waals surface area contributed by atoms with Crippen LogP contribution >= 0.6 is 0 Å². The molecular weight excluding hydrogens is 392 g/mol. The molecule has 4 aliphatic rings. The van der Waals surface area contributed by atoms with E-state index in [1.807, 2.05) is 0 Å². The minimum absolute atomic E-state index is 0.0224. The van der Waals surface area contributed by atoms with Gasteiger partial charge in [0.2, 0.25) is 0 Å². The zero-order chi connectivity index (χ0) is 23.1. The van der Waals surface area contributed by atoms with E-state index in [0.717, 1.165) is 54.8 Å². The number of hydrogen-bond acceptors (Lipinski definition) is 2. The number of rotatable bonds is 6. The molecule has 0 amide bonds. The lowest BCUT2D eigenvalue weighted by Gasteiger charge is -2.58. The van der Waals surface area contributed by atoms with Gasteiger partial charge in [0, 0.05) is 12.3 Å². The summed E-state index contributed by atoms with van der Waals surface area (Å²) >= 11 is 0. The second-order valence-electron chi connectivity index (χ2n) is 12.7. The molecule has 4 rings (SSSR count). The Morgan fingerprint density at radius 1 is 1.12 bits per heavy atom. The fourth-order valence-corrected chi connectivity index (χ4v) is 8.94. The summed E-state index contributed by atoms with van der Waals surface area (Å²) in [5, 5.41) is 0. The number of terminal acetylenes is 1. The third-order valence-corrected chi connectivity index (χ3v) is 10.7. The molecule has 0 N–H and O–H groups in total. The first-order valence-corrected chi connectivity index (χ1v) is 13.6. The van der Waals surface area contributed by atoms with Crippen molar-refractivity contribution in [2.24, 2.45) is 46.3 Å². The highest BCUT2D eigenvalue weighted by Crippen LogP contribution is 2.67. The standard InChI is InChI=1S/C30H46O2/c1-7-28(31)32-23-15-17-29(5)22(19-23)11-12-24-26-14-13-25(21(4)10-8-9-20(2)3)30(26,6)18-16-27(24)29/h1,11,20-21,23-27H,8-10,12-19H2,2-6H3/t21-,23+,24+,25-,26+,27+,29?,30-/m1/s1. The molecule has 0 bridgehead atoms. The smallest absolute Gasteiger partial charge is 0.384 e. The highest BCUT2D eigenvalue weighted by atomic mass is 16.5. The van der Waals surface area contributed by atoms with E-state index in [2.05, 4.69) is 46.6 Å². The molecule has 32 heavy (non-hydrogen) atoms. The van der Waals surface area contributed by atoms with Gasteiger partial charge in [0.15, 0.2) is 0 Å². The van der Waals surface area contributed by atoms with Crippen LogP contribution in [0.25, 0.3) is 0 Å². The highest BCUT2D eigenvalue weighted by molar-refractivity contribution is 5.87. The number of carbonyl (C=O) groups is 1. The monoisotopic (exact) mass is 438 g/mol. The number of hydrogen-bond donors (Lipinski definition) is 0. The van der Waals surface area contributed by atoms with Crippen LogP contribution in [0.3, 0.4) is 0 Å². The third kappa shape index (κ3) is 4.19. The van der Waals surface area contributed by atoms with Gasteiger partial charge in [-0.25, -0.2) is 4.79 Å². The van der Waals surface area contributed by atoms with Gasteiger partial charge in [-0.15, -0.1) is 6.42 Å². The Balaban J connectivity index is 1.46. The predicted molar refractivity (Wildman–Crippen MR) is 132 cm³/mol. The first-order chi connectivity index (χ1) is 15.2. The van der Waals surface area contributed by atoms with Crippen molar-refractivity contribution in [1.29, 1.82) is 0 Å².